The number of benzene rings is 1. The molecule has 76 valence electrons. The smallest absolute Gasteiger partial charge is 0.176 e. The fraction of sp³-hybridized carbons (Fsp3) is 0.300. The minimum absolute atomic E-state index is 0.125. The molecule has 1 N–H and O–H groups in total. The SMILES string of the molecule is CC(Br)C(=O)c1ccc(F)c(CO)c1. The summed E-state index contributed by atoms with van der Waals surface area (Å²) in [4.78, 5) is 11.2. The van der Waals surface area contributed by atoms with Crippen LogP contribution in [0.5, 0.6) is 0 Å². The second-order valence-corrected chi connectivity index (χ2v) is 4.32. The van der Waals surface area contributed by atoms with E-state index in [4.69, 9.17) is 5.11 Å². The van der Waals surface area contributed by atoms with Crippen LogP contribution >= 0.6 is 15.9 Å². The number of alkyl halides is 1. The third-order valence-electron chi connectivity index (χ3n) is 1.86. The molecule has 1 rings (SSSR count). The molecule has 0 heterocycles. The lowest BCUT2D eigenvalue weighted by atomic mass is 10.1. The van der Waals surface area contributed by atoms with Gasteiger partial charge in [0, 0.05) is 11.1 Å². The summed E-state index contributed by atoms with van der Waals surface area (Å²) in [6.07, 6.45) is 0. The highest BCUT2D eigenvalue weighted by atomic mass is 79.9. The number of Topliss-reactive ketones (excluding diaryl/α,β-unsaturated/α-hetero) is 1. The summed E-state index contributed by atoms with van der Waals surface area (Å²) < 4.78 is 13.0. The lowest BCUT2D eigenvalue weighted by Crippen LogP contribution is -2.10. The Morgan fingerprint density at radius 2 is 2.29 bits per heavy atom. The predicted molar refractivity (Wildman–Crippen MR) is 55.0 cm³/mol. The van der Waals surface area contributed by atoms with Crippen LogP contribution in [0.3, 0.4) is 0 Å². The molecule has 14 heavy (non-hydrogen) atoms. The van der Waals surface area contributed by atoms with Crippen LogP contribution in [-0.2, 0) is 6.61 Å². The van der Waals surface area contributed by atoms with E-state index >= 15 is 0 Å². The van der Waals surface area contributed by atoms with Crippen LogP contribution in [0.15, 0.2) is 18.2 Å². The number of hydrogen-bond donors (Lipinski definition) is 1. The molecule has 0 saturated carbocycles. The molecule has 1 aromatic rings. The van der Waals surface area contributed by atoms with Crippen molar-refractivity contribution in [3.05, 3.63) is 35.1 Å². The highest BCUT2D eigenvalue weighted by Gasteiger charge is 2.13. The van der Waals surface area contributed by atoms with Crippen molar-refractivity contribution < 1.29 is 14.3 Å². The van der Waals surface area contributed by atoms with Gasteiger partial charge in [-0.15, -0.1) is 0 Å². The average molecular weight is 261 g/mol. The van der Waals surface area contributed by atoms with Gasteiger partial charge >= 0.3 is 0 Å². The van der Waals surface area contributed by atoms with Gasteiger partial charge in [0.15, 0.2) is 5.78 Å². The second-order valence-electron chi connectivity index (χ2n) is 2.94. The van der Waals surface area contributed by atoms with Crippen LogP contribution in [0.4, 0.5) is 4.39 Å². The molecule has 0 aliphatic heterocycles. The van der Waals surface area contributed by atoms with Gasteiger partial charge in [0.25, 0.3) is 0 Å². The van der Waals surface area contributed by atoms with Crippen LogP contribution in [-0.4, -0.2) is 15.7 Å². The molecule has 0 radical (unpaired) electrons. The fourth-order valence-electron chi connectivity index (χ4n) is 1.08. The van der Waals surface area contributed by atoms with E-state index in [1.54, 1.807) is 6.92 Å². The van der Waals surface area contributed by atoms with Crippen LogP contribution in [0.25, 0.3) is 0 Å². The number of carbonyl (C=O) groups is 1. The first-order valence-corrected chi connectivity index (χ1v) is 5.05. The van der Waals surface area contributed by atoms with Crippen molar-refractivity contribution in [2.75, 3.05) is 0 Å². The lowest BCUT2D eigenvalue weighted by molar-refractivity contribution is 0.0995. The number of hydrogen-bond acceptors (Lipinski definition) is 2. The zero-order valence-electron chi connectivity index (χ0n) is 7.63. The van der Waals surface area contributed by atoms with Gasteiger partial charge in [-0.2, -0.15) is 0 Å². The Morgan fingerprint density at radius 3 is 2.79 bits per heavy atom. The van der Waals surface area contributed by atoms with E-state index in [9.17, 15) is 9.18 Å². The zero-order valence-corrected chi connectivity index (χ0v) is 9.21. The summed E-state index contributed by atoms with van der Waals surface area (Å²) in [6.45, 7) is 1.30. The van der Waals surface area contributed by atoms with Crippen molar-refractivity contribution >= 4 is 21.7 Å². The minimum Gasteiger partial charge on any atom is -0.392 e. The third kappa shape index (κ3) is 2.39. The quantitative estimate of drug-likeness (QED) is 0.669. The van der Waals surface area contributed by atoms with Gasteiger partial charge in [0.05, 0.1) is 11.4 Å². The summed E-state index contributed by atoms with van der Waals surface area (Å²) in [7, 11) is 0. The van der Waals surface area contributed by atoms with Gasteiger partial charge in [0.2, 0.25) is 0 Å². The normalized spacial score (nSPS) is 12.6. The standard InChI is InChI=1S/C10H10BrFO2/c1-6(11)10(14)7-2-3-9(12)8(4-7)5-13/h2-4,6,13H,5H2,1H3. The summed E-state index contributed by atoms with van der Waals surface area (Å²) in [5, 5.41) is 8.80. The van der Waals surface area contributed by atoms with Gasteiger partial charge in [-0.3, -0.25) is 4.79 Å². The molecular weight excluding hydrogens is 251 g/mol. The van der Waals surface area contributed by atoms with Gasteiger partial charge < -0.3 is 5.11 Å². The summed E-state index contributed by atoms with van der Waals surface area (Å²) in [5.41, 5.74) is 0.545. The molecule has 0 amide bonds. The number of carbonyl (C=O) groups excluding carboxylic acids is 1. The first-order chi connectivity index (χ1) is 6.56. The van der Waals surface area contributed by atoms with E-state index in [1.165, 1.54) is 18.2 Å². The number of ketones is 1. The zero-order chi connectivity index (χ0) is 10.7. The summed E-state index contributed by atoms with van der Waals surface area (Å²) in [6, 6.07) is 3.97. The lowest BCUT2D eigenvalue weighted by Gasteiger charge is -2.05. The maximum absolute atomic E-state index is 13.0. The maximum atomic E-state index is 13.0. The predicted octanol–water partition coefficient (Wildman–Crippen LogP) is 2.28. The second kappa shape index (κ2) is 4.66. The Hall–Kier alpha value is -0.740. The van der Waals surface area contributed by atoms with Crippen LogP contribution < -0.4 is 0 Å². The topological polar surface area (TPSA) is 37.3 Å². The number of aliphatic hydroxyl groups excluding tert-OH is 1. The highest BCUT2D eigenvalue weighted by Crippen LogP contribution is 2.14. The van der Waals surface area contributed by atoms with Gasteiger partial charge in [-0.05, 0) is 25.1 Å². The molecule has 2 nitrogen and oxygen atoms in total. The molecule has 0 aliphatic rings. The van der Waals surface area contributed by atoms with Gasteiger partial charge in [0.1, 0.15) is 5.82 Å². The molecule has 1 aromatic carbocycles. The molecule has 0 bridgehead atoms. The highest BCUT2D eigenvalue weighted by molar-refractivity contribution is 9.10. The number of halogens is 2. The Morgan fingerprint density at radius 1 is 1.64 bits per heavy atom. The summed E-state index contributed by atoms with van der Waals surface area (Å²) >= 11 is 3.14. The Bertz CT molecular complexity index is 350. The van der Waals surface area contributed by atoms with E-state index in [0.717, 1.165) is 0 Å². The number of aliphatic hydroxyl groups is 1. The van der Waals surface area contributed by atoms with Crippen molar-refractivity contribution in [3.8, 4) is 0 Å². The van der Waals surface area contributed by atoms with Crippen molar-refractivity contribution in [2.45, 2.75) is 18.4 Å². The average Bonchev–Trinajstić information content (AvgIpc) is 2.17. The Kier molecular flexibility index (Phi) is 3.77. The molecular formula is C10H10BrFO2. The van der Waals surface area contributed by atoms with E-state index in [2.05, 4.69) is 15.9 Å². The minimum atomic E-state index is -0.494. The molecule has 1 atom stereocenters. The monoisotopic (exact) mass is 260 g/mol. The van der Waals surface area contributed by atoms with Crippen molar-refractivity contribution in [1.29, 1.82) is 0 Å². The third-order valence-corrected chi connectivity index (χ3v) is 2.28. The van der Waals surface area contributed by atoms with Gasteiger partial charge in [-0.1, -0.05) is 15.9 Å². The fourth-order valence-corrected chi connectivity index (χ4v) is 1.34. The molecule has 0 aliphatic carbocycles. The number of rotatable bonds is 3. The van der Waals surface area contributed by atoms with E-state index < -0.39 is 12.4 Å². The van der Waals surface area contributed by atoms with E-state index in [1.807, 2.05) is 0 Å². The van der Waals surface area contributed by atoms with Crippen LogP contribution in [0.1, 0.15) is 22.8 Å². The first-order valence-electron chi connectivity index (χ1n) is 4.14. The molecule has 4 heteroatoms. The molecule has 1 unspecified atom stereocenters. The van der Waals surface area contributed by atoms with Crippen molar-refractivity contribution in [2.24, 2.45) is 0 Å². The largest absolute Gasteiger partial charge is 0.392 e. The van der Waals surface area contributed by atoms with Crippen molar-refractivity contribution in [3.63, 3.8) is 0 Å². The molecule has 0 spiro atoms. The van der Waals surface area contributed by atoms with Crippen LogP contribution in [0.2, 0.25) is 0 Å². The molecule has 0 fully saturated rings. The first kappa shape index (κ1) is 11.3. The molecule has 0 aromatic heterocycles. The Balaban J connectivity index is 3.06. The van der Waals surface area contributed by atoms with Gasteiger partial charge in [-0.25, -0.2) is 4.39 Å². The maximum Gasteiger partial charge on any atom is 0.176 e. The van der Waals surface area contributed by atoms with E-state index in [0.29, 0.717) is 5.56 Å². The molecule has 0 saturated heterocycles. The Labute approximate surface area is 89.9 Å². The van der Waals surface area contributed by atoms with Crippen molar-refractivity contribution in [1.82, 2.24) is 0 Å². The summed E-state index contributed by atoms with van der Waals surface area (Å²) in [5.74, 6) is -0.619. The van der Waals surface area contributed by atoms with Crippen LogP contribution in [0, 0.1) is 5.82 Å². The van der Waals surface area contributed by atoms with E-state index in [-0.39, 0.29) is 16.2 Å².